The van der Waals surface area contributed by atoms with Crippen LogP contribution in [0.15, 0.2) is 152 Å². The van der Waals surface area contributed by atoms with Crippen LogP contribution in [-0.4, -0.2) is 4.57 Å². The Morgan fingerprint density at radius 2 is 0.878 bits per heavy atom. The summed E-state index contributed by atoms with van der Waals surface area (Å²) in [6, 6.07) is 53.7. The maximum Gasteiger partial charge on any atom is 0.295 e. The molecule has 0 radical (unpaired) electrons. The van der Waals surface area contributed by atoms with Crippen molar-refractivity contribution in [2.75, 3.05) is 0 Å². The SMILES string of the molecule is [O-][Cl+3]([O-])([O-])[O-].c1ccc(C[n+]2c(-c3ccccc3)c(-c3ccccc3)n(-c3ccccc3)c2-c2ccccc2)cc1. The second-order valence-electron chi connectivity index (χ2n) is 9.24. The number of aromatic nitrogens is 2. The third-order valence-corrected chi connectivity index (χ3v) is 6.51. The van der Waals surface area contributed by atoms with E-state index in [1.165, 1.54) is 33.6 Å². The maximum atomic E-state index is 8.49. The van der Waals surface area contributed by atoms with Gasteiger partial charge in [-0.05, 0) is 29.8 Å². The van der Waals surface area contributed by atoms with Gasteiger partial charge >= 0.3 is 0 Å². The van der Waals surface area contributed by atoms with Gasteiger partial charge in [0, 0.05) is 11.1 Å². The second kappa shape index (κ2) is 12.7. The van der Waals surface area contributed by atoms with Crippen molar-refractivity contribution in [3.05, 3.63) is 157 Å². The lowest BCUT2D eigenvalue weighted by Gasteiger charge is -2.17. The van der Waals surface area contributed by atoms with E-state index in [-0.39, 0.29) is 0 Å². The third-order valence-electron chi connectivity index (χ3n) is 6.51. The highest BCUT2D eigenvalue weighted by atomic mass is 35.7. The molecule has 0 saturated heterocycles. The summed E-state index contributed by atoms with van der Waals surface area (Å²) in [5.74, 6) is 1.16. The van der Waals surface area contributed by atoms with Gasteiger partial charge in [0.15, 0.2) is 11.4 Å². The summed E-state index contributed by atoms with van der Waals surface area (Å²) < 4.78 is 38.9. The number of halogens is 1. The summed E-state index contributed by atoms with van der Waals surface area (Å²) in [5.41, 5.74) is 8.34. The molecule has 0 spiro atoms. The molecule has 0 unspecified atom stereocenters. The maximum absolute atomic E-state index is 8.49. The number of hydrogen-bond donors (Lipinski definition) is 0. The molecule has 0 saturated carbocycles. The molecular formula is C34H27ClN2O4. The fourth-order valence-corrected chi connectivity index (χ4v) is 4.94. The quantitative estimate of drug-likeness (QED) is 0.291. The van der Waals surface area contributed by atoms with Crippen LogP contribution in [0.3, 0.4) is 0 Å². The van der Waals surface area contributed by atoms with Crippen molar-refractivity contribution in [1.29, 1.82) is 0 Å². The Labute approximate surface area is 241 Å². The van der Waals surface area contributed by atoms with Crippen molar-refractivity contribution in [1.82, 2.24) is 4.57 Å². The smallest absolute Gasteiger partial charge is 0.222 e. The fraction of sp³-hybridized carbons (Fsp3) is 0.0294. The van der Waals surface area contributed by atoms with Gasteiger partial charge in [-0.1, -0.05) is 127 Å². The van der Waals surface area contributed by atoms with E-state index >= 15 is 0 Å². The van der Waals surface area contributed by atoms with Gasteiger partial charge in [-0.3, -0.25) is 0 Å². The predicted molar refractivity (Wildman–Crippen MR) is 148 cm³/mol. The van der Waals surface area contributed by atoms with Crippen molar-refractivity contribution < 1.29 is 33.4 Å². The van der Waals surface area contributed by atoms with Gasteiger partial charge in [-0.2, -0.15) is 4.57 Å². The molecular weight excluding hydrogens is 536 g/mol. The van der Waals surface area contributed by atoms with Gasteiger partial charge in [0.05, 0.1) is 5.56 Å². The first-order chi connectivity index (χ1) is 19.9. The van der Waals surface area contributed by atoms with Gasteiger partial charge in [0.1, 0.15) is 12.2 Å². The van der Waals surface area contributed by atoms with Gasteiger partial charge in [-0.15, -0.1) is 10.2 Å². The molecule has 6 rings (SSSR count). The van der Waals surface area contributed by atoms with Gasteiger partial charge in [0.2, 0.25) is 0 Å². The zero-order valence-electron chi connectivity index (χ0n) is 22.0. The molecule has 0 atom stereocenters. The number of para-hydroxylation sites is 1. The standard InChI is InChI=1S/C34H27N2.ClHO4/c1-6-16-27(17-7-1)26-35-32(28-18-8-2-9-19-28)33(29-20-10-3-11-21-29)36(31-24-14-5-15-25-31)34(35)30-22-12-4-13-23-30;2-1(3,4)5/h1-25H,26H2;(H,2,3,4,5)/q+1;/p-1. The van der Waals surface area contributed by atoms with Crippen molar-refractivity contribution in [2.24, 2.45) is 0 Å². The Balaban J connectivity index is 0.000000623. The first-order valence-corrected chi connectivity index (χ1v) is 14.2. The Kier molecular flexibility index (Phi) is 8.70. The van der Waals surface area contributed by atoms with E-state index in [2.05, 4.69) is 161 Å². The van der Waals surface area contributed by atoms with Crippen LogP contribution in [0.4, 0.5) is 0 Å². The molecule has 1 heterocycles. The van der Waals surface area contributed by atoms with E-state index in [1.807, 2.05) is 0 Å². The van der Waals surface area contributed by atoms with Crippen molar-refractivity contribution in [3.8, 4) is 39.6 Å². The zero-order valence-corrected chi connectivity index (χ0v) is 22.8. The van der Waals surface area contributed by atoms with Crippen LogP contribution in [0.25, 0.3) is 39.6 Å². The second-order valence-corrected chi connectivity index (χ2v) is 10.00. The zero-order chi connectivity index (χ0) is 28.7. The summed E-state index contributed by atoms with van der Waals surface area (Å²) in [6.45, 7) is 0.759. The minimum absolute atomic E-state index is 0.759. The lowest BCUT2D eigenvalue weighted by Crippen LogP contribution is -2.68. The monoisotopic (exact) mass is 562 g/mol. The number of nitrogens with zero attached hydrogens (tertiary/aromatic N) is 2. The molecule has 5 aromatic carbocycles. The average Bonchev–Trinajstić information content (AvgIpc) is 3.33. The lowest BCUT2D eigenvalue weighted by atomic mass is 10.0. The van der Waals surface area contributed by atoms with E-state index in [0.717, 1.165) is 18.1 Å². The highest BCUT2D eigenvalue weighted by Crippen LogP contribution is 2.37. The Bertz CT molecular complexity index is 1570. The normalized spacial score (nSPS) is 11.0. The first kappa shape index (κ1) is 28.0. The van der Waals surface area contributed by atoms with E-state index in [0.29, 0.717) is 0 Å². The van der Waals surface area contributed by atoms with Gasteiger partial charge in [0.25, 0.3) is 5.82 Å². The van der Waals surface area contributed by atoms with E-state index in [9.17, 15) is 0 Å². The van der Waals surface area contributed by atoms with Gasteiger partial charge in [-0.25, -0.2) is 23.2 Å². The van der Waals surface area contributed by atoms with Crippen LogP contribution in [0.2, 0.25) is 0 Å². The van der Waals surface area contributed by atoms with Crippen LogP contribution in [-0.2, 0) is 6.54 Å². The lowest BCUT2D eigenvalue weighted by molar-refractivity contribution is -2.00. The van der Waals surface area contributed by atoms with Crippen LogP contribution in [0.5, 0.6) is 0 Å². The number of hydrogen-bond acceptors (Lipinski definition) is 4. The van der Waals surface area contributed by atoms with Crippen molar-refractivity contribution in [2.45, 2.75) is 6.54 Å². The minimum Gasteiger partial charge on any atom is -0.222 e. The molecule has 6 aromatic rings. The topological polar surface area (TPSA) is 101 Å². The molecule has 7 heteroatoms. The molecule has 0 aliphatic heterocycles. The molecule has 0 bridgehead atoms. The molecule has 0 fully saturated rings. The van der Waals surface area contributed by atoms with E-state index in [4.69, 9.17) is 18.6 Å². The highest BCUT2D eigenvalue weighted by molar-refractivity contribution is 5.81. The molecule has 0 N–H and O–H groups in total. The van der Waals surface area contributed by atoms with Gasteiger partial charge < -0.3 is 0 Å². The van der Waals surface area contributed by atoms with Crippen LogP contribution >= 0.6 is 0 Å². The Morgan fingerprint density at radius 1 is 0.488 bits per heavy atom. The van der Waals surface area contributed by atoms with Crippen LogP contribution < -0.4 is 23.2 Å². The average molecular weight is 563 g/mol. The molecule has 0 aliphatic rings. The van der Waals surface area contributed by atoms with E-state index < -0.39 is 10.2 Å². The molecule has 1 aromatic heterocycles. The largest absolute Gasteiger partial charge is 0.295 e. The molecule has 6 nitrogen and oxygen atoms in total. The summed E-state index contributed by atoms with van der Waals surface area (Å²) in [5, 5.41) is 0. The van der Waals surface area contributed by atoms with Crippen molar-refractivity contribution in [3.63, 3.8) is 0 Å². The van der Waals surface area contributed by atoms with E-state index in [1.54, 1.807) is 0 Å². The molecule has 41 heavy (non-hydrogen) atoms. The predicted octanol–water partition coefficient (Wildman–Crippen LogP) is 3.06. The molecule has 0 aliphatic carbocycles. The summed E-state index contributed by atoms with van der Waals surface area (Å²) in [7, 11) is -4.94. The van der Waals surface area contributed by atoms with Crippen LogP contribution in [0, 0.1) is 10.2 Å². The summed E-state index contributed by atoms with van der Waals surface area (Å²) >= 11 is 0. The third kappa shape index (κ3) is 6.96. The number of rotatable bonds is 6. The first-order valence-electron chi connectivity index (χ1n) is 13.0. The summed E-state index contributed by atoms with van der Waals surface area (Å²) in [6.07, 6.45) is 0. The summed E-state index contributed by atoms with van der Waals surface area (Å²) in [4.78, 5) is 0. The highest BCUT2D eigenvalue weighted by Gasteiger charge is 2.34. The number of imidazole rings is 1. The molecule has 204 valence electrons. The Morgan fingerprint density at radius 3 is 1.37 bits per heavy atom. The number of benzene rings is 5. The van der Waals surface area contributed by atoms with Crippen molar-refractivity contribution >= 4 is 0 Å². The Hall–Kier alpha value is -4.56. The van der Waals surface area contributed by atoms with Crippen LogP contribution in [0.1, 0.15) is 5.56 Å². The molecule has 0 amide bonds. The fourth-order valence-electron chi connectivity index (χ4n) is 4.94. The minimum atomic E-state index is -4.94.